The van der Waals surface area contributed by atoms with Crippen molar-refractivity contribution in [1.82, 2.24) is 5.32 Å². The highest BCUT2D eigenvalue weighted by Crippen LogP contribution is 2.39. The lowest BCUT2D eigenvalue weighted by molar-refractivity contribution is 0.0285. The molecule has 0 aromatic rings. The van der Waals surface area contributed by atoms with E-state index >= 15 is 0 Å². The molecule has 1 spiro atoms. The van der Waals surface area contributed by atoms with Crippen LogP contribution in [0, 0.1) is 5.92 Å². The van der Waals surface area contributed by atoms with Crippen molar-refractivity contribution in [3.63, 3.8) is 0 Å². The molecular formula is C14H24N2OS. The Balaban J connectivity index is 1.54. The number of aliphatic imine (C=N–C) groups is 1. The second-order valence-electron chi connectivity index (χ2n) is 6.29. The van der Waals surface area contributed by atoms with Crippen molar-refractivity contribution in [3.05, 3.63) is 0 Å². The molecule has 102 valence electrons. The maximum atomic E-state index is 5.31. The molecule has 0 bridgehead atoms. The maximum Gasteiger partial charge on any atom is 0.157 e. The minimum absolute atomic E-state index is 0.375. The molecule has 1 N–H and O–H groups in total. The standard InChI is InChI=1S/C14H24N2OS/c1-10-3-5-14(6-4-10)9-18-13(16-14)15-11-7-12(8-11)17-2/h10-12H,3-9H2,1-2H3,(H,15,16). The van der Waals surface area contributed by atoms with Crippen molar-refractivity contribution < 1.29 is 4.74 Å². The van der Waals surface area contributed by atoms with Crippen molar-refractivity contribution >= 4 is 16.9 Å². The fraction of sp³-hybridized carbons (Fsp3) is 0.929. The molecule has 1 aliphatic heterocycles. The summed E-state index contributed by atoms with van der Waals surface area (Å²) in [5.41, 5.74) is 0.375. The average Bonchev–Trinajstić information content (AvgIpc) is 2.71. The number of hydrogen-bond acceptors (Lipinski definition) is 3. The van der Waals surface area contributed by atoms with Gasteiger partial charge in [-0.3, -0.25) is 4.99 Å². The Morgan fingerprint density at radius 1 is 1.33 bits per heavy atom. The lowest BCUT2D eigenvalue weighted by Gasteiger charge is -2.36. The number of nitrogens with one attached hydrogen (secondary N) is 1. The Morgan fingerprint density at radius 2 is 2.06 bits per heavy atom. The van der Waals surface area contributed by atoms with Gasteiger partial charge in [0.15, 0.2) is 5.17 Å². The highest BCUT2D eigenvalue weighted by molar-refractivity contribution is 8.14. The van der Waals surface area contributed by atoms with Crippen molar-refractivity contribution in [2.45, 2.75) is 63.1 Å². The predicted molar refractivity (Wildman–Crippen MR) is 77.2 cm³/mol. The Morgan fingerprint density at radius 3 is 2.72 bits per heavy atom. The van der Waals surface area contributed by atoms with Crippen molar-refractivity contribution in [1.29, 1.82) is 0 Å². The molecular weight excluding hydrogens is 244 g/mol. The third-order valence-corrected chi connectivity index (χ3v) is 5.97. The molecule has 18 heavy (non-hydrogen) atoms. The normalized spacial score (nSPS) is 46.1. The van der Waals surface area contributed by atoms with Crippen LogP contribution in [0.1, 0.15) is 45.4 Å². The fourth-order valence-corrected chi connectivity index (χ4v) is 4.45. The number of amidine groups is 1. The number of methoxy groups -OCH3 is 1. The van der Waals surface area contributed by atoms with Gasteiger partial charge in [0.05, 0.1) is 12.1 Å². The SMILES string of the molecule is COC1CC(N=C2NC3(CCC(C)CC3)CS2)C1. The van der Waals surface area contributed by atoms with E-state index in [9.17, 15) is 0 Å². The number of hydrogen-bond donors (Lipinski definition) is 1. The Bertz CT molecular complexity index is 331. The third-order valence-electron chi connectivity index (χ3n) is 4.79. The van der Waals surface area contributed by atoms with E-state index in [-0.39, 0.29) is 0 Å². The lowest BCUT2D eigenvalue weighted by Crippen LogP contribution is -2.46. The zero-order chi connectivity index (χ0) is 12.6. The van der Waals surface area contributed by atoms with Gasteiger partial charge in [0.25, 0.3) is 0 Å². The van der Waals surface area contributed by atoms with Crippen LogP contribution < -0.4 is 5.32 Å². The smallest absolute Gasteiger partial charge is 0.157 e. The molecule has 1 saturated heterocycles. The van der Waals surface area contributed by atoms with Gasteiger partial charge < -0.3 is 10.1 Å². The van der Waals surface area contributed by atoms with Crippen LogP contribution in [0.4, 0.5) is 0 Å². The summed E-state index contributed by atoms with van der Waals surface area (Å²) in [6, 6.07) is 0.502. The third kappa shape index (κ3) is 2.55. The Labute approximate surface area is 114 Å². The van der Waals surface area contributed by atoms with Crippen molar-refractivity contribution in [2.75, 3.05) is 12.9 Å². The van der Waals surface area contributed by atoms with Gasteiger partial charge >= 0.3 is 0 Å². The summed E-state index contributed by atoms with van der Waals surface area (Å²) < 4.78 is 5.31. The number of ether oxygens (including phenoxy) is 1. The van der Waals surface area contributed by atoms with Crippen LogP contribution in [0.25, 0.3) is 0 Å². The first-order valence-corrected chi connectivity index (χ1v) is 8.19. The molecule has 3 fully saturated rings. The van der Waals surface area contributed by atoms with E-state index in [0.717, 1.165) is 18.8 Å². The van der Waals surface area contributed by atoms with Gasteiger partial charge in [-0.2, -0.15) is 0 Å². The van der Waals surface area contributed by atoms with E-state index in [4.69, 9.17) is 9.73 Å². The van der Waals surface area contributed by atoms with Gasteiger partial charge in [0.1, 0.15) is 0 Å². The monoisotopic (exact) mass is 268 g/mol. The van der Waals surface area contributed by atoms with Crippen LogP contribution in [0.2, 0.25) is 0 Å². The Kier molecular flexibility index (Phi) is 3.59. The molecule has 0 unspecified atom stereocenters. The van der Waals surface area contributed by atoms with Crippen molar-refractivity contribution in [2.24, 2.45) is 10.9 Å². The topological polar surface area (TPSA) is 33.6 Å². The summed E-state index contributed by atoms with van der Waals surface area (Å²) in [6.45, 7) is 2.38. The van der Waals surface area contributed by atoms with E-state index in [1.54, 1.807) is 7.11 Å². The highest BCUT2D eigenvalue weighted by Gasteiger charge is 2.40. The minimum atomic E-state index is 0.375. The molecule has 0 radical (unpaired) electrons. The molecule has 1 heterocycles. The van der Waals surface area contributed by atoms with Gasteiger partial charge in [-0.25, -0.2) is 0 Å². The van der Waals surface area contributed by atoms with Gasteiger partial charge in [0.2, 0.25) is 0 Å². The van der Waals surface area contributed by atoms with Crippen LogP contribution in [0.15, 0.2) is 4.99 Å². The van der Waals surface area contributed by atoms with Crippen LogP contribution >= 0.6 is 11.8 Å². The van der Waals surface area contributed by atoms with Gasteiger partial charge in [-0.05, 0) is 44.4 Å². The maximum absolute atomic E-state index is 5.31. The van der Waals surface area contributed by atoms with Crippen molar-refractivity contribution in [3.8, 4) is 0 Å². The first-order chi connectivity index (χ1) is 8.69. The van der Waals surface area contributed by atoms with Crippen LogP contribution in [-0.4, -0.2) is 35.7 Å². The molecule has 3 nitrogen and oxygen atoms in total. The molecule has 2 aliphatic carbocycles. The molecule has 4 heteroatoms. The largest absolute Gasteiger partial charge is 0.381 e. The number of nitrogens with zero attached hydrogens (tertiary/aromatic N) is 1. The summed E-state index contributed by atoms with van der Waals surface area (Å²) in [6.07, 6.45) is 8.05. The molecule has 0 amide bonds. The average molecular weight is 268 g/mol. The highest BCUT2D eigenvalue weighted by atomic mass is 32.2. The molecule has 3 aliphatic rings. The second-order valence-corrected chi connectivity index (χ2v) is 7.26. The fourth-order valence-electron chi connectivity index (χ4n) is 3.16. The summed E-state index contributed by atoms with van der Waals surface area (Å²) in [5.74, 6) is 2.14. The zero-order valence-corrected chi connectivity index (χ0v) is 12.3. The Hall–Kier alpha value is -0.220. The minimum Gasteiger partial charge on any atom is -0.381 e. The molecule has 0 atom stereocenters. The lowest BCUT2D eigenvalue weighted by atomic mass is 9.78. The molecule has 3 rings (SSSR count). The van der Waals surface area contributed by atoms with E-state index in [1.165, 1.54) is 36.6 Å². The second kappa shape index (κ2) is 5.04. The summed E-state index contributed by atoms with van der Waals surface area (Å²) in [4.78, 5) is 4.84. The van der Waals surface area contributed by atoms with Gasteiger partial charge in [-0.15, -0.1) is 0 Å². The first kappa shape index (κ1) is 12.8. The van der Waals surface area contributed by atoms with E-state index in [0.29, 0.717) is 17.7 Å². The first-order valence-electron chi connectivity index (χ1n) is 7.21. The molecule has 0 aromatic carbocycles. The quantitative estimate of drug-likeness (QED) is 0.836. The van der Waals surface area contributed by atoms with Crippen LogP contribution in [0.5, 0.6) is 0 Å². The number of rotatable bonds is 2. The summed E-state index contributed by atoms with van der Waals surface area (Å²) in [5, 5.41) is 4.93. The molecule has 0 aromatic heterocycles. The number of thioether (sulfide) groups is 1. The van der Waals surface area contributed by atoms with E-state index in [1.807, 2.05) is 11.8 Å². The van der Waals surface area contributed by atoms with Crippen LogP contribution in [-0.2, 0) is 4.74 Å². The summed E-state index contributed by atoms with van der Waals surface area (Å²) in [7, 11) is 1.80. The summed E-state index contributed by atoms with van der Waals surface area (Å²) >= 11 is 1.93. The zero-order valence-electron chi connectivity index (χ0n) is 11.4. The predicted octanol–water partition coefficient (Wildman–Crippen LogP) is 2.81. The van der Waals surface area contributed by atoms with Gasteiger partial charge in [-0.1, -0.05) is 18.7 Å². The van der Waals surface area contributed by atoms with E-state index < -0.39 is 0 Å². The molecule has 2 saturated carbocycles. The van der Waals surface area contributed by atoms with Gasteiger partial charge in [0, 0.05) is 18.4 Å². The van der Waals surface area contributed by atoms with Crippen LogP contribution in [0.3, 0.4) is 0 Å². The van der Waals surface area contributed by atoms with E-state index in [2.05, 4.69) is 12.2 Å².